The molecule has 0 unspecified atom stereocenters. The normalized spacial score (nSPS) is 13.8. The summed E-state index contributed by atoms with van der Waals surface area (Å²) < 4.78 is 33.2. The van der Waals surface area contributed by atoms with Gasteiger partial charge in [0.05, 0.1) is 12.8 Å². The smallest absolute Gasteiger partial charge is 0.257 e. The second kappa shape index (κ2) is 8.41. The fourth-order valence-electron chi connectivity index (χ4n) is 3.05. The standard InChI is InChI=1S/C22H23N3O4S2/c1-13-4-5-15(10-14(13)2)18-12-30-22(23-18)24-21(26)16-6-9-19(29-3)20(11-16)31(27,28)25-17-7-8-17/h4-6,9-12,17,25H,7-8H2,1-3H3,(H,23,24,26). The Morgan fingerprint density at radius 1 is 1.13 bits per heavy atom. The number of rotatable bonds is 7. The number of sulfonamides is 1. The van der Waals surface area contributed by atoms with E-state index in [1.54, 1.807) is 0 Å². The molecule has 2 aromatic carbocycles. The largest absolute Gasteiger partial charge is 0.495 e. The molecule has 1 aromatic heterocycles. The maximum atomic E-state index is 12.8. The number of aromatic nitrogens is 1. The van der Waals surface area contributed by atoms with Crippen LogP contribution in [0, 0.1) is 13.8 Å². The molecule has 0 atom stereocenters. The van der Waals surface area contributed by atoms with Gasteiger partial charge in [-0.15, -0.1) is 11.3 Å². The second-order valence-corrected chi connectivity index (χ2v) is 10.1. The van der Waals surface area contributed by atoms with E-state index in [2.05, 4.69) is 28.0 Å². The monoisotopic (exact) mass is 457 g/mol. The van der Waals surface area contributed by atoms with E-state index in [9.17, 15) is 13.2 Å². The molecule has 1 heterocycles. The summed E-state index contributed by atoms with van der Waals surface area (Å²) in [6, 6.07) is 10.4. The number of aryl methyl sites for hydroxylation is 2. The summed E-state index contributed by atoms with van der Waals surface area (Å²) in [6.07, 6.45) is 1.63. The number of methoxy groups -OCH3 is 1. The van der Waals surface area contributed by atoms with E-state index in [1.165, 1.54) is 47.8 Å². The van der Waals surface area contributed by atoms with E-state index in [-0.39, 0.29) is 22.3 Å². The molecule has 1 aliphatic carbocycles. The average Bonchev–Trinajstić information content (AvgIpc) is 3.42. The lowest BCUT2D eigenvalue weighted by molar-refractivity contribution is 0.102. The molecule has 1 aliphatic rings. The minimum Gasteiger partial charge on any atom is -0.495 e. The molecule has 0 radical (unpaired) electrons. The van der Waals surface area contributed by atoms with Gasteiger partial charge >= 0.3 is 0 Å². The van der Waals surface area contributed by atoms with Crippen molar-refractivity contribution in [1.82, 2.24) is 9.71 Å². The number of hydrogen-bond donors (Lipinski definition) is 2. The van der Waals surface area contributed by atoms with Crippen LogP contribution in [0.4, 0.5) is 5.13 Å². The van der Waals surface area contributed by atoms with Gasteiger partial charge in [0.2, 0.25) is 10.0 Å². The number of benzene rings is 2. The van der Waals surface area contributed by atoms with Crippen molar-refractivity contribution in [3.63, 3.8) is 0 Å². The number of nitrogens with one attached hydrogen (secondary N) is 2. The molecule has 0 aliphatic heterocycles. The van der Waals surface area contributed by atoms with Crippen molar-refractivity contribution >= 4 is 32.4 Å². The maximum absolute atomic E-state index is 12.8. The summed E-state index contributed by atoms with van der Waals surface area (Å²) in [5.74, 6) is -0.248. The van der Waals surface area contributed by atoms with Crippen molar-refractivity contribution in [2.75, 3.05) is 12.4 Å². The summed E-state index contributed by atoms with van der Waals surface area (Å²) in [6.45, 7) is 4.09. The Labute approximate surface area is 185 Å². The van der Waals surface area contributed by atoms with Crippen LogP contribution in [0.15, 0.2) is 46.7 Å². The number of anilines is 1. The number of hydrogen-bond acceptors (Lipinski definition) is 6. The zero-order chi connectivity index (χ0) is 22.2. The van der Waals surface area contributed by atoms with Crippen molar-refractivity contribution in [3.05, 3.63) is 58.5 Å². The highest BCUT2D eigenvalue weighted by atomic mass is 32.2. The van der Waals surface area contributed by atoms with Gasteiger partial charge in [0.25, 0.3) is 5.91 Å². The zero-order valence-electron chi connectivity index (χ0n) is 17.4. The van der Waals surface area contributed by atoms with Gasteiger partial charge < -0.3 is 4.74 Å². The van der Waals surface area contributed by atoms with Crippen LogP contribution in [0.25, 0.3) is 11.3 Å². The minimum absolute atomic E-state index is 0.0497. The SMILES string of the molecule is COc1ccc(C(=O)Nc2nc(-c3ccc(C)c(C)c3)cs2)cc1S(=O)(=O)NC1CC1. The molecular formula is C22H23N3O4S2. The van der Waals surface area contributed by atoms with E-state index >= 15 is 0 Å². The van der Waals surface area contributed by atoms with Crippen LogP contribution in [0.2, 0.25) is 0 Å². The van der Waals surface area contributed by atoms with Crippen LogP contribution >= 0.6 is 11.3 Å². The van der Waals surface area contributed by atoms with Gasteiger partial charge in [-0.3, -0.25) is 10.1 Å². The number of amides is 1. The Hall–Kier alpha value is -2.75. The van der Waals surface area contributed by atoms with Crippen molar-refractivity contribution in [2.24, 2.45) is 0 Å². The van der Waals surface area contributed by atoms with Crippen LogP contribution in [-0.2, 0) is 10.0 Å². The molecule has 0 saturated heterocycles. The molecule has 0 bridgehead atoms. The van der Waals surface area contributed by atoms with E-state index in [1.807, 2.05) is 24.4 Å². The van der Waals surface area contributed by atoms with Gasteiger partial charge in [-0.1, -0.05) is 12.1 Å². The average molecular weight is 458 g/mol. The molecule has 162 valence electrons. The quantitative estimate of drug-likeness (QED) is 0.556. The summed E-state index contributed by atoms with van der Waals surface area (Å²) in [4.78, 5) is 17.2. The molecule has 7 nitrogen and oxygen atoms in total. The molecule has 1 amide bonds. The first-order chi connectivity index (χ1) is 14.8. The first-order valence-electron chi connectivity index (χ1n) is 9.82. The molecule has 1 saturated carbocycles. The third-order valence-electron chi connectivity index (χ3n) is 5.14. The fourth-order valence-corrected chi connectivity index (χ4v) is 5.26. The third kappa shape index (κ3) is 4.79. The predicted molar refractivity (Wildman–Crippen MR) is 121 cm³/mol. The zero-order valence-corrected chi connectivity index (χ0v) is 19.1. The minimum atomic E-state index is -3.78. The number of carbonyl (C=O) groups is 1. The second-order valence-electron chi connectivity index (χ2n) is 7.55. The van der Waals surface area contributed by atoms with Crippen LogP contribution in [0.3, 0.4) is 0 Å². The van der Waals surface area contributed by atoms with Crippen molar-refractivity contribution in [3.8, 4) is 17.0 Å². The third-order valence-corrected chi connectivity index (χ3v) is 7.44. The van der Waals surface area contributed by atoms with Crippen LogP contribution in [-0.4, -0.2) is 32.5 Å². The maximum Gasteiger partial charge on any atom is 0.257 e. The highest BCUT2D eigenvalue weighted by molar-refractivity contribution is 7.89. The highest BCUT2D eigenvalue weighted by Crippen LogP contribution is 2.30. The van der Waals surface area contributed by atoms with E-state index < -0.39 is 15.9 Å². The van der Waals surface area contributed by atoms with Crippen molar-refractivity contribution in [1.29, 1.82) is 0 Å². The molecule has 2 N–H and O–H groups in total. The molecular weight excluding hydrogens is 434 g/mol. The van der Waals surface area contributed by atoms with Crippen molar-refractivity contribution < 1.29 is 17.9 Å². The van der Waals surface area contributed by atoms with E-state index in [0.29, 0.717) is 5.13 Å². The fraction of sp³-hybridized carbons (Fsp3) is 0.273. The lowest BCUT2D eigenvalue weighted by Gasteiger charge is -2.12. The van der Waals surface area contributed by atoms with Crippen LogP contribution < -0.4 is 14.8 Å². The predicted octanol–water partition coefficient (Wildman–Crippen LogP) is 4.13. The van der Waals surface area contributed by atoms with Gasteiger partial charge in [-0.2, -0.15) is 0 Å². The van der Waals surface area contributed by atoms with Crippen LogP contribution in [0.1, 0.15) is 34.3 Å². The Balaban J connectivity index is 1.55. The molecule has 9 heteroatoms. The number of ether oxygens (including phenoxy) is 1. The van der Waals surface area contributed by atoms with Gasteiger partial charge in [0, 0.05) is 22.5 Å². The molecule has 31 heavy (non-hydrogen) atoms. The Kier molecular flexibility index (Phi) is 5.83. The number of thiazole rings is 1. The lowest BCUT2D eigenvalue weighted by atomic mass is 10.1. The number of nitrogens with zero attached hydrogens (tertiary/aromatic N) is 1. The molecule has 1 fully saturated rings. The Morgan fingerprint density at radius 2 is 1.90 bits per heavy atom. The van der Waals surface area contributed by atoms with Crippen LogP contribution in [0.5, 0.6) is 5.75 Å². The van der Waals surface area contributed by atoms with Gasteiger partial charge in [0.15, 0.2) is 5.13 Å². The summed E-state index contributed by atoms with van der Waals surface area (Å²) in [5.41, 5.74) is 4.33. The molecule has 4 rings (SSSR count). The summed E-state index contributed by atoms with van der Waals surface area (Å²) >= 11 is 1.31. The lowest BCUT2D eigenvalue weighted by Crippen LogP contribution is -2.26. The first-order valence-corrected chi connectivity index (χ1v) is 12.2. The highest BCUT2D eigenvalue weighted by Gasteiger charge is 2.30. The Bertz CT molecular complexity index is 1250. The first kappa shape index (κ1) is 21.5. The topological polar surface area (TPSA) is 97.4 Å². The van der Waals surface area contributed by atoms with Gasteiger partial charge in [0.1, 0.15) is 10.6 Å². The molecule has 3 aromatic rings. The van der Waals surface area contributed by atoms with E-state index in [4.69, 9.17) is 4.74 Å². The Morgan fingerprint density at radius 3 is 2.58 bits per heavy atom. The van der Waals surface area contributed by atoms with Gasteiger partial charge in [-0.25, -0.2) is 18.1 Å². The van der Waals surface area contributed by atoms with E-state index in [0.717, 1.165) is 24.1 Å². The summed E-state index contributed by atoms with van der Waals surface area (Å²) in [7, 11) is -2.38. The summed E-state index contributed by atoms with van der Waals surface area (Å²) in [5, 5.41) is 5.07. The van der Waals surface area contributed by atoms with Crippen molar-refractivity contribution in [2.45, 2.75) is 37.6 Å². The number of carbonyl (C=O) groups excluding carboxylic acids is 1. The molecule has 0 spiro atoms. The van der Waals surface area contributed by atoms with Gasteiger partial charge in [-0.05, 0) is 62.1 Å².